The summed E-state index contributed by atoms with van der Waals surface area (Å²) in [6.07, 6.45) is -0.898. The van der Waals surface area contributed by atoms with Gasteiger partial charge in [-0.1, -0.05) is 0 Å². The van der Waals surface area contributed by atoms with Crippen LogP contribution in [0.1, 0.15) is 11.7 Å². The normalized spacial score (nSPS) is 13.0. The average Bonchev–Trinajstić information content (AvgIpc) is 2.98. The van der Waals surface area contributed by atoms with Gasteiger partial charge in [0.2, 0.25) is 10.0 Å². The van der Waals surface area contributed by atoms with Gasteiger partial charge < -0.3 is 15.6 Å². The van der Waals surface area contributed by atoms with Crippen molar-refractivity contribution in [1.29, 1.82) is 0 Å². The van der Waals surface area contributed by atoms with Crippen molar-refractivity contribution in [2.45, 2.75) is 11.0 Å². The maximum Gasteiger partial charge on any atom is 0.242 e. The number of anilines is 1. The number of thiophene rings is 1. The highest BCUT2D eigenvalue weighted by Crippen LogP contribution is 2.24. The molecule has 0 spiro atoms. The Morgan fingerprint density at radius 3 is 2.76 bits per heavy atom. The second-order valence-corrected chi connectivity index (χ2v) is 6.84. The molecule has 4 N–H and O–H groups in total. The largest absolute Gasteiger partial charge is 0.497 e. The molecule has 0 aliphatic carbocycles. The van der Waals surface area contributed by atoms with Gasteiger partial charge in [0.1, 0.15) is 10.6 Å². The van der Waals surface area contributed by atoms with Gasteiger partial charge in [-0.15, -0.1) is 0 Å². The summed E-state index contributed by atoms with van der Waals surface area (Å²) in [5.41, 5.74) is 6.49. The molecule has 1 aromatic heterocycles. The predicted octanol–water partition coefficient (Wildman–Crippen LogP) is 1.35. The molecule has 8 heteroatoms. The Morgan fingerprint density at radius 2 is 2.19 bits per heavy atom. The van der Waals surface area contributed by atoms with Crippen LogP contribution in [0.3, 0.4) is 0 Å². The summed E-state index contributed by atoms with van der Waals surface area (Å²) in [7, 11) is -2.32. The highest BCUT2D eigenvalue weighted by molar-refractivity contribution is 7.89. The van der Waals surface area contributed by atoms with Crippen LogP contribution >= 0.6 is 11.3 Å². The standard InChI is InChI=1S/C13H16N2O4S2/c1-19-10-2-3-13(11(14)6-10)21(17,18)15-7-12(16)9-4-5-20-8-9/h2-6,8,12,15-16H,7,14H2,1H3. The zero-order valence-electron chi connectivity index (χ0n) is 11.3. The van der Waals surface area contributed by atoms with E-state index >= 15 is 0 Å². The van der Waals surface area contributed by atoms with E-state index in [1.807, 2.05) is 5.38 Å². The van der Waals surface area contributed by atoms with Crippen LogP contribution in [0.2, 0.25) is 0 Å². The maximum absolute atomic E-state index is 12.2. The monoisotopic (exact) mass is 328 g/mol. The lowest BCUT2D eigenvalue weighted by Crippen LogP contribution is -2.29. The number of rotatable bonds is 6. The van der Waals surface area contributed by atoms with Crippen LogP contribution in [-0.2, 0) is 10.0 Å². The summed E-state index contributed by atoms with van der Waals surface area (Å²) in [5, 5.41) is 13.5. The fourth-order valence-electron chi connectivity index (χ4n) is 1.75. The lowest BCUT2D eigenvalue weighted by molar-refractivity contribution is 0.182. The second-order valence-electron chi connectivity index (χ2n) is 4.33. The van der Waals surface area contributed by atoms with E-state index in [4.69, 9.17) is 10.5 Å². The van der Waals surface area contributed by atoms with Crippen molar-refractivity contribution < 1.29 is 18.3 Å². The lowest BCUT2D eigenvalue weighted by atomic mass is 10.2. The molecule has 0 aliphatic heterocycles. The fraction of sp³-hybridized carbons (Fsp3) is 0.231. The number of sulfonamides is 1. The Balaban J connectivity index is 2.11. The number of hydrogen-bond acceptors (Lipinski definition) is 6. The topological polar surface area (TPSA) is 102 Å². The molecule has 0 aliphatic rings. The first-order chi connectivity index (χ1) is 9.94. The number of benzene rings is 1. The maximum atomic E-state index is 12.2. The van der Waals surface area contributed by atoms with Crippen LogP contribution in [0.4, 0.5) is 5.69 Å². The van der Waals surface area contributed by atoms with Gasteiger partial charge in [0.15, 0.2) is 0 Å². The summed E-state index contributed by atoms with van der Waals surface area (Å²) in [4.78, 5) is -0.0409. The molecule has 0 fully saturated rings. The zero-order chi connectivity index (χ0) is 15.5. The summed E-state index contributed by atoms with van der Waals surface area (Å²) in [6, 6.07) is 6.06. The first-order valence-electron chi connectivity index (χ1n) is 6.07. The third kappa shape index (κ3) is 3.73. The van der Waals surface area contributed by atoms with Crippen molar-refractivity contribution in [3.8, 4) is 5.75 Å². The predicted molar refractivity (Wildman–Crippen MR) is 81.9 cm³/mol. The Labute approximate surface area is 127 Å². The van der Waals surface area contributed by atoms with Gasteiger partial charge in [-0.25, -0.2) is 13.1 Å². The number of methoxy groups -OCH3 is 1. The highest BCUT2D eigenvalue weighted by atomic mass is 32.2. The van der Waals surface area contributed by atoms with Crippen LogP contribution in [0.15, 0.2) is 39.9 Å². The van der Waals surface area contributed by atoms with Crippen LogP contribution in [0.25, 0.3) is 0 Å². The Kier molecular flexibility index (Phi) is 4.84. The van der Waals surface area contributed by atoms with Gasteiger partial charge in [-0.3, -0.25) is 0 Å². The molecule has 1 unspecified atom stereocenters. The summed E-state index contributed by atoms with van der Waals surface area (Å²) in [5.74, 6) is 0.477. The Morgan fingerprint density at radius 1 is 1.43 bits per heavy atom. The second kappa shape index (κ2) is 6.44. The molecular weight excluding hydrogens is 312 g/mol. The SMILES string of the molecule is COc1ccc(S(=O)(=O)NCC(O)c2ccsc2)c(N)c1. The third-order valence-corrected chi connectivity index (χ3v) is 5.10. The number of nitrogens with two attached hydrogens (primary N) is 1. The van der Waals surface area contributed by atoms with Gasteiger partial charge in [0.05, 0.1) is 18.9 Å². The fourth-order valence-corrected chi connectivity index (χ4v) is 3.60. The van der Waals surface area contributed by atoms with E-state index in [-0.39, 0.29) is 17.1 Å². The molecular formula is C13H16N2O4S2. The van der Waals surface area contributed by atoms with E-state index in [9.17, 15) is 13.5 Å². The van der Waals surface area contributed by atoms with E-state index in [1.54, 1.807) is 11.4 Å². The average molecular weight is 328 g/mol. The minimum atomic E-state index is -3.79. The number of nitrogen functional groups attached to an aromatic ring is 1. The molecule has 1 aromatic carbocycles. The minimum Gasteiger partial charge on any atom is -0.497 e. The van der Waals surface area contributed by atoms with Crippen molar-refractivity contribution in [2.75, 3.05) is 19.4 Å². The van der Waals surface area contributed by atoms with Gasteiger partial charge in [-0.05, 0) is 34.5 Å². The molecule has 1 heterocycles. The highest BCUT2D eigenvalue weighted by Gasteiger charge is 2.19. The number of aliphatic hydroxyl groups is 1. The minimum absolute atomic E-state index is 0.0409. The van der Waals surface area contributed by atoms with Gasteiger partial charge >= 0.3 is 0 Å². The lowest BCUT2D eigenvalue weighted by Gasteiger charge is -2.13. The zero-order valence-corrected chi connectivity index (χ0v) is 12.9. The molecule has 2 aromatic rings. The number of nitrogens with one attached hydrogen (secondary N) is 1. The van der Waals surface area contributed by atoms with Crippen molar-refractivity contribution in [3.05, 3.63) is 40.6 Å². The van der Waals surface area contributed by atoms with Gasteiger partial charge in [-0.2, -0.15) is 11.3 Å². The molecule has 0 radical (unpaired) electrons. The van der Waals surface area contributed by atoms with Crippen LogP contribution in [0.5, 0.6) is 5.75 Å². The molecule has 1 atom stereocenters. The molecule has 21 heavy (non-hydrogen) atoms. The first-order valence-corrected chi connectivity index (χ1v) is 8.50. The summed E-state index contributed by atoms with van der Waals surface area (Å²) >= 11 is 1.43. The molecule has 114 valence electrons. The van der Waals surface area contributed by atoms with Crippen LogP contribution in [0, 0.1) is 0 Å². The van der Waals surface area contributed by atoms with Crippen molar-refractivity contribution >= 4 is 27.0 Å². The summed E-state index contributed by atoms with van der Waals surface area (Å²) in [6.45, 7) is -0.121. The van der Waals surface area contributed by atoms with Gasteiger partial charge in [0, 0.05) is 12.6 Å². The Hall–Kier alpha value is -1.61. The van der Waals surface area contributed by atoms with Crippen LogP contribution < -0.4 is 15.2 Å². The first kappa shape index (κ1) is 15.8. The molecule has 0 amide bonds. The molecule has 2 rings (SSSR count). The quantitative estimate of drug-likeness (QED) is 0.695. The molecule has 0 saturated carbocycles. The van der Waals surface area contributed by atoms with Crippen molar-refractivity contribution in [2.24, 2.45) is 0 Å². The molecule has 0 bridgehead atoms. The molecule has 6 nitrogen and oxygen atoms in total. The van der Waals surface area contributed by atoms with E-state index < -0.39 is 16.1 Å². The summed E-state index contributed by atoms with van der Waals surface area (Å²) < 4.78 is 31.7. The third-order valence-electron chi connectivity index (χ3n) is 2.90. The Bertz CT molecular complexity index is 699. The van der Waals surface area contributed by atoms with Crippen molar-refractivity contribution in [3.63, 3.8) is 0 Å². The van der Waals surface area contributed by atoms with E-state index in [1.165, 1.54) is 36.6 Å². The van der Waals surface area contributed by atoms with E-state index in [2.05, 4.69) is 4.72 Å². The van der Waals surface area contributed by atoms with E-state index in [0.29, 0.717) is 11.3 Å². The number of aliphatic hydroxyl groups excluding tert-OH is 1. The van der Waals surface area contributed by atoms with E-state index in [0.717, 1.165) is 0 Å². The smallest absolute Gasteiger partial charge is 0.242 e. The van der Waals surface area contributed by atoms with Gasteiger partial charge in [0.25, 0.3) is 0 Å². The van der Waals surface area contributed by atoms with Crippen LogP contribution in [-0.4, -0.2) is 27.2 Å². The van der Waals surface area contributed by atoms with Crippen molar-refractivity contribution in [1.82, 2.24) is 4.72 Å². The number of hydrogen-bond donors (Lipinski definition) is 3. The number of ether oxygens (including phenoxy) is 1. The molecule has 0 saturated heterocycles.